The third-order valence-corrected chi connectivity index (χ3v) is 6.99. The van der Waals surface area contributed by atoms with E-state index in [9.17, 15) is 9.59 Å². The van der Waals surface area contributed by atoms with Crippen molar-refractivity contribution in [2.24, 2.45) is 5.10 Å². The van der Waals surface area contributed by atoms with E-state index < -0.39 is 5.97 Å². The van der Waals surface area contributed by atoms with E-state index in [0.29, 0.717) is 23.3 Å². The van der Waals surface area contributed by atoms with E-state index in [-0.39, 0.29) is 11.1 Å². The minimum Gasteiger partial charge on any atom is -0.487 e. The molecule has 0 aliphatic carbocycles. The molecule has 0 fully saturated rings. The van der Waals surface area contributed by atoms with Crippen LogP contribution in [0.15, 0.2) is 69.0 Å². The van der Waals surface area contributed by atoms with Gasteiger partial charge in [-0.15, -0.1) is 0 Å². The Morgan fingerprint density at radius 1 is 1.15 bits per heavy atom. The number of aryl methyl sites for hydroxylation is 1. The number of carbonyl (C=O) groups is 1. The van der Waals surface area contributed by atoms with Gasteiger partial charge in [-0.25, -0.2) is 9.78 Å². The molecule has 4 aromatic rings. The summed E-state index contributed by atoms with van der Waals surface area (Å²) in [6.07, 6.45) is 1.62. The molecule has 4 rings (SSSR count). The molecule has 10 heteroatoms. The number of halogens is 3. The van der Waals surface area contributed by atoms with Gasteiger partial charge in [-0.05, 0) is 106 Å². The Labute approximate surface area is 230 Å². The maximum Gasteiger partial charge on any atom is 0.335 e. The SMILES string of the molecule is Cc1nc2ccc(Br)cc2c(=O)n1N=Cc1cc(I)c(OCc2ccc(C(=O)O)cc2)c(I)c1. The minimum absolute atomic E-state index is 0.236. The van der Waals surface area contributed by atoms with Crippen molar-refractivity contribution in [1.82, 2.24) is 9.66 Å². The smallest absolute Gasteiger partial charge is 0.335 e. The van der Waals surface area contributed by atoms with Gasteiger partial charge >= 0.3 is 5.97 Å². The number of hydrogen-bond acceptors (Lipinski definition) is 5. The maximum absolute atomic E-state index is 12.9. The summed E-state index contributed by atoms with van der Waals surface area (Å²) in [6, 6.07) is 15.8. The second-order valence-electron chi connectivity index (χ2n) is 7.29. The number of hydrogen-bond donors (Lipinski definition) is 1. The van der Waals surface area contributed by atoms with Crippen LogP contribution < -0.4 is 10.3 Å². The number of rotatable bonds is 6. The molecular formula is C24H16BrI2N3O4. The lowest BCUT2D eigenvalue weighted by molar-refractivity contribution is 0.0697. The molecule has 0 aliphatic rings. The van der Waals surface area contributed by atoms with E-state index in [4.69, 9.17) is 9.84 Å². The van der Waals surface area contributed by atoms with Crippen LogP contribution in [-0.2, 0) is 6.61 Å². The summed E-state index contributed by atoms with van der Waals surface area (Å²) in [6.45, 7) is 2.06. The predicted octanol–water partition coefficient (Wildman–Crippen LogP) is 5.84. The zero-order chi connectivity index (χ0) is 24.4. The standard InChI is InChI=1S/C24H16BrI2N3O4/c1-13-29-21-7-6-17(25)10-18(21)23(31)30(13)28-11-15-8-19(26)22(20(27)9-15)34-12-14-2-4-16(5-3-14)24(32)33/h2-11H,12H2,1H3,(H,32,33). The highest BCUT2D eigenvalue weighted by Crippen LogP contribution is 2.29. The normalized spacial score (nSPS) is 11.3. The van der Waals surface area contributed by atoms with Gasteiger partial charge in [0, 0.05) is 4.47 Å². The number of aromatic nitrogens is 2. The molecule has 0 spiro atoms. The van der Waals surface area contributed by atoms with Gasteiger partial charge in [0.25, 0.3) is 5.56 Å². The number of aromatic carboxylic acids is 1. The second kappa shape index (κ2) is 10.5. The molecule has 0 amide bonds. The molecule has 0 unspecified atom stereocenters. The van der Waals surface area contributed by atoms with Gasteiger partial charge in [-0.1, -0.05) is 28.1 Å². The monoisotopic (exact) mass is 743 g/mol. The van der Waals surface area contributed by atoms with Crippen molar-refractivity contribution in [3.05, 3.63) is 99.1 Å². The van der Waals surface area contributed by atoms with Crippen LogP contribution in [0.3, 0.4) is 0 Å². The molecule has 0 bridgehead atoms. The lowest BCUT2D eigenvalue weighted by Gasteiger charge is -2.12. The van der Waals surface area contributed by atoms with Crippen molar-refractivity contribution in [2.45, 2.75) is 13.5 Å². The van der Waals surface area contributed by atoms with E-state index in [1.165, 1.54) is 4.68 Å². The van der Waals surface area contributed by atoms with Crippen LogP contribution in [0.2, 0.25) is 0 Å². The van der Waals surface area contributed by atoms with Crippen LogP contribution in [0, 0.1) is 14.1 Å². The first-order chi connectivity index (χ1) is 16.2. The first-order valence-corrected chi connectivity index (χ1v) is 12.9. The van der Waals surface area contributed by atoms with Crippen molar-refractivity contribution in [2.75, 3.05) is 0 Å². The molecule has 0 saturated heterocycles. The lowest BCUT2D eigenvalue weighted by Crippen LogP contribution is -2.20. The average Bonchev–Trinajstić information content (AvgIpc) is 2.79. The average molecular weight is 744 g/mol. The third kappa shape index (κ3) is 5.49. The Morgan fingerprint density at radius 2 is 1.82 bits per heavy atom. The molecule has 0 atom stereocenters. The molecule has 1 N–H and O–H groups in total. The Hall–Kier alpha value is -2.32. The first-order valence-electron chi connectivity index (χ1n) is 9.90. The number of fused-ring (bicyclic) bond motifs is 1. The Balaban J connectivity index is 1.56. The van der Waals surface area contributed by atoms with E-state index in [0.717, 1.165) is 28.5 Å². The van der Waals surface area contributed by atoms with E-state index >= 15 is 0 Å². The third-order valence-electron chi connectivity index (χ3n) is 4.90. The van der Waals surface area contributed by atoms with Crippen LogP contribution in [0.4, 0.5) is 0 Å². The number of carboxylic acids is 1. The highest BCUT2D eigenvalue weighted by atomic mass is 127. The Kier molecular flexibility index (Phi) is 7.67. The van der Waals surface area contributed by atoms with Gasteiger partial charge < -0.3 is 9.84 Å². The summed E-state index contributed by atoms with van der Waals surface area (Å²) < 4.78 is 9.86. The minimum atomic E-state index is -0.960. The largest absolute Gasteiger partial charge is 0.487 e. The van der Waals surface area contributed by atoms with Crippen LogP contribution in [0.25, 0.3) is 10.9 Å². The summed E-state index contributed by atoms with van der Waals surface area (Å²) in [4.78, 5) is 28.4. The zero-order valence-electron chi connectivity index (χ0n) is 17.6. The van der Waals surface area contributed by atoms with Crippen LogP contribution in [-0.4, -0.2) is 27.0 Å². The molecular weight excluding hydrogens is 728 g/mol. The van der Waals surface area contributed by atoms with Crippen molar-refractivity contribution < 1.29 is 14.6 Å². The molecule has 1 aromatic heterocycles. The van der Waals surface area contributed by atoms with Gasteiger partial charge in [0.05, 0.1) is 29.8 Å². The number of ether oxygens (including phenoxy) is 1. The fourth-order valence-electron chi connectivity index (χ4n) is 3.21. The quantitative estimate of drug-likeness (QED) is 0.198. The van der Waals surface area contributed by atoms with Crippen molar-refractivity contribution in [3.8, 4) is 5.75 Å². The van der Waals surface area contributed by atoms with Gasteiger partial charge in [0.15, 0.2) is 0 Å². The van der Waals surface area contributed by atoms with E-state index in [1.807, 2.05) is 18.2 Å². The van der Waals surface area contributed by atoms with Crippen molar-refractivity contribution in [1.29, 1.82) is 0 Å². The Morgan fingerprint density at radius 3 is 2.47 bits per heavy atom. The first kappa shape index (κ1) is 24.8. The molecule has 0 radical (unpaired) electrons. The summed E-state index contributed by atoms with van der Waals surface area (Å²) in [5, 5.41) is 13.9. The lowest BCUT2D eigenvalue weighted by atomic mass is 10.1. The van der Waals surface area contributed by atoms with Crippen LogP contribution in [0.5, 0.6) is 5.75 Å². The van der Waals surface area contributed by atoms with Gasteiger partial charge in [-0.2, -0.15) is 9.78 Å². The molecule has 172 valence electrons. The van der Waals surface area contributed by atoms with E-state index in [1.54, 1.807) is 49.5 Å². The molecule has 0 saturated carbocycles. The summed E-state index contributed by atoms with van der Waals surface area (Å²) in [7, 11) is 0. The zero-order valence-corrected chi connectivity index (χ0v) is 23.5. The molecule has 1 heterocycles. The molecule has 3 aromatic carbocycles. The van der Waals surface area contributed by atoms with E-state index in [2.05, 4.69) is 71.2 Å². The topological polar surface area (TPSA) is 93.8 Å². The Bertz CT molecular complexity index is 1480. The highest BCUT2D eigenvalue weighted by molar-refractivity contribution is 14.1. The summed E-state index contributed by atoms with van der Waals surface area (Å²) in [5.41, 5.74) is 2.30. The second-order valence-corrected chi connectivity index (χ2v) is 10.5. The fraction of sp³-hybridized carbons (Fsp3) is 0.0833. The van der Waals surface area contributed by atoms with Crippen molar-refractivity contribution >= 4 is 84.2 Å². The maximum atomic E-state index is 12.9. The van der Waals surface area contributed by atoms with Gasteiger partial charge in [-0.3, -0.25) is 4.79 Å². The van der Waals surface area contributed by atoms with Crippen molar-refractivity contribution in [3.63, 3.8) is 0 Å². The summed E-state index contributed by atoms with van der Waals surface area (Å²) in [5.74, 6) is 0.263. The number of carboxylic acid groups (broad SMARTS) is 1. The van der Waals surface area contributed by atoms with Gasteiger partial charge in [0.2, 0.25) is 0 Å². The van der Waals surface area contributed by atoms with Crippen LogP contribution >= 0.6 is 61.1 Å². The summed E-state index contributed by atoms with van der Waals surface area (Å²) >= 11 is 7.78. The molecule has 7 nitrogen and oxygen atoms in total. The van der Waals surface area contributed by atoms with Crippen LogP contribution in [0.1, 0.15) is 27.3 Å². The predicted molar refractivity (Wildman–Crippen MR) is 151 cm³/mol. The van der Waals surface area contributed by atoms with Gasteiger partial charge in [0.1, 0.15) is 18.2 Å². The molecule has 0 aliphatic heterocycles. The fourth-order valence-corrected chi connectivity index (χ4v) is 5.70. The highest BCUT2D eigenvalue weighted by Gasteiger charge is 2.11. The molecule has 34 heavy (non-hydrogen) atoms. The number of nitrogens with zero attached hydrogens (tertiary/aromatic N) is 3. The number of benzene rings is 3.